The maximum atomic E-state index is 12.5. The van der Waals surface area contributed by atoms with E-state index in [9.17, 15) is 34.1 Å². The lowest BCUT2D eigenvalue weighted by molar-refractivity contribution is -0.196. The van der Waals surface area contributed by atoms with Crippen molar-refractivity contribution >= 4 is 30.4 Å². The molecule has 0 radical (unpaired) electrons. The fourth-order valence-corrected chi connectivity index (χ4v) is 4.13. The number of nitrogens with one attached hydrogen (secondary N) is 1. The fraction of sp³-hybridized carbons (Fsp3) is 0.160. The SMILES string of the molecule is C.CP(=O)([O-])OCCNC(=O)c1ccc(-c2c3ccc(=O)cc-3oc3cc(O)ccc23)c(C(=O)O)c1. The molecular weight excluding hydrogens is 489 g/mol. The Labute approximate surface area is 205 Å². The number of phenols is 1. The van der Waals surface area contributed by atoms with Gasteiger partial charge in [0.25, 0.3) is 5.91 Å². The standard InChI is InChI=1S/C24H20NO9P.CH4/c1-35(31,32)33-9-8-25-23(28)13-2-5-16(19(10-13)24(29)30)22-17-6-3-14(26)11-20(17)34-21-12-15(27)4-7-18(21)22;/h2-7,10-12,26H,8-9H2,1H3,(H,25,28)(H,29,30)(H,31,32);1H4/p-1. The summed E-state index contributed by atoms with van der Waals surface area (Å²) in [6.07, 6.45) is 0. The molecule has 1 atom stereocenters. The molecule has 1 amide bonds. The van der Waals surface area contributed by atoms with Gasteiger partial charge in [0.2, 0.25) is 0 Å². The number of benzene rings is 3. The number of amides is 1. The second-order valence-corrected chi connectivity index (χ2v) is 9.54. The molecular formula is C25H23NO9P-. The van der Waals surface area contributed by atoms with Gasteiger partial charge in [-0.2, -0.15) is 0 Å². The molecule has 0 bridgehead atoms. The summed E-state index contributed by atoms with van der Waals surface area (Å²) < 4.78 is 21.4. The Balaban J connectivity index is 0.00000361. The molecule has 1 unspecified atom stereocenters. The number of hydrogen-bond donors (Lipinski definition) is 3. The van der Waals surface area contributed by atoms with Gasteiger partial charge in [0, 0.05) is 47.4 Å². The van der Waals surface area contributed by atoms with Gasteiger partial charge >= 0.3 is 5.97 Å². The van der Waals surface area contributed by atoms with Crippen LogP contribution in [-0.4, -0.2) is 41.9 Å². The average molecular weight is 512 g/mol. The molecule has 0 fully saturated rings. The van der Waals surface area contributed by atoms with Crippen LogP contribution in [0.4, 0.5) is 0 Å². The van der Waals surface area contributed by atoms with E-state index in [1.807, 2.05) is 0 Å². The van der Waals surface area contributed by atoms with Gasteiger partial charge in [-0.1, -0.05) is 13.5 Å². The number of rotatable bonds is 7. The van der Waals surface area contributed by atoms with Crippen LogP contribution in [-0.2, 0) is 9.09 Å². The van der Waals surface area contributed by atoms with Crippen LogP contribution >= 0.6 is 7.60 Å². The number of aromatic hydroxyl groups is 1. The number of phenolic OH excluding ortho intramolecular Hbond substituents is 1. The molecule has 11 heteroatoms. The zero-order chi connectivity index (χ0) is 25.3. The summed E-state index contributed by atoms with van der Waals surface area (Å²) >= 11 is 0. The van der Waals surface area contributed by atoms with E-state index in [-0.39, 0.29) is 59.8 Å². The summed E-state index contributed by atoms with van der Waals surface area (Å²) in [4.78, 5) is 47.7. The predicted molar refractivity (Wildman–Crippen MR) is 132 cm³/mol. The van der Waals surface area contributed by atoms with Crippen molar-refractivity contribution in [2.24, 2.45) is 0 Å². The maximum Gasteiger partial charge on any atom is 0.336 e. The summed E-state index contributed by atoms with van der Waals surface area (Å²) in [7, 11) is -3.93. The molecule has 0 saturated heterocycles. The molecule has 188 valence electrons. The summed E-state index contributed by atoms with van der Waals surface area (Å²) in [5.41, 5.74) is 0.988. The quantitative estimate of drug-likeness (QED) is 0.191. The van der Waals surface area contributed by atoms with E-state index in [1.54, 1.807) is 6.07 Å². The molecule has 2 aromatic rings. The molecule has 0 aromatic heterocycles. The van der Waals surface area contributed by atoms with Crippen LogP contribution in [0.2, 0.25) is 0 Å². The van der Waals surface area contributed by atoms with E-state index in [4.69, 9.17) is 4.42 Å². The van der Waals surface area contributed by atoms with E-state index in [2.05, 4.69) is 9.84 Å². The third kappa shape index (κ3) is 5.63. The minimum Gasteiger partial charge on any atom is -0.779 e. The smallest absolute Gasteiger partial charge is 0.336 e. The first-order valence-corrected chi connectivity index (χ1v) is 12.3. The lowest BCUT2D eigenvalue weighted by Crippen LogP contribution is -2.27. The minimum atomic E-state index is -3.93. The Kier molecular flexibility index (Phi) is 7.64. The Bertz CT molecular complexity index is 1540. The second-order valence-electron chi connectivity index (χ2n) is 7.74. The molecule has 36 heavy (non-hydrogen) atoms. The summed E-state index contributed by atoms with van der Waals surface area (Å²) in [6, 6.07) is 12.6. The van der Waals surface area contributed by atoms with Gasteiger partial charge < -0.3 is 33.9 Å². The van der Waals surface area contributed by atoms with Gasteiger partial charge in [-0.3, -0.25) is 9.59 Å². The molecule has 0 saturated carbocycles. The normalized spacial score (nSPS) is 12.6. The van der Waals surface area contributed by atoms with E-state index in [1.165, 1.54) is 48.5 Å². The van der Waals surface area contributed by atoms with Crippen molar-refractivity contribution in [3.05, 3.63) is 75.9 Å². The second kappa shape index (κ2) is 10.3. The number of fused-ring (bicyclic) bond motifs is 2. The van der Waals surface area contributed by atoms with Crippen molar-refractivity contribution in [1.82, 2.24) is 5.32 Å². The number of carboxylic acids is 1. The first-order chi connectivity index (χ1) is 16.5. The van der Waals surface area contributed by atoms with Crippen molar-refractivity contribution in [2.45, 2.75) is 7.43 Å². The first-order valence-electron chi connectivity index (χ1n) is 10.3. The highest BCUT2D eigenvalue weighted by molar-refractivity contribution is 7.50. The predicted octanol–water partition coefficient (Wildman–Crippen LogP) is 3.53. The number of carboxylic acid groups (broad SMARTS) is 1. The Morgan fingerprint density at radius 1 is 1.08 bits per heavy atom. The van der Waals surface area contributed by atoms with Crippen molar-refractivity contribution in [1.29, 1.82) is 0 Å². The summed E-state index contributed by atoms with van der Waals surface area (Å²) in [5.74, 6) is -1.78. The van der Waals surface area contributed by atoms with E-state index >= 15 is 0 Å². The lowest BCUT2D eigenvalue weighted by Gasteiger charge is -2.18. The van der Waals surface area contributed by atoms with Gasteiger partial charge in [-0.05, 0) is 42.0 Å². The van der Waals surface area contributed by atoms with Gasteiger partial charge in [-0.15, -0.1) is 0 Å². The van der Waals surface area contributed by atoms with E-state index < -0.39 is 19.5 Å². The Hall–Kier alpha value is -3.98. The summed E-state index contributed by atoms with van der Waals surface area (Å²) in [6.45, 7) is 0.558. The third-order valence-electron chi connectivity index (χ3n) is 5.17. The summed E-state index contributed by atoms with van der Waals surface area (Å²) in [5, 5.41) is 22.8. The average Bonchev–Trinajstić information content (AvgIpc) is 2.79. The molecule has 1 heterocycles. The van der Waals surface area contributed by atoms with Crippen LogP contribution in [0.5, 0.6) is 5.75 Å². The Morgan fingerprint density at radius 2 is 1.81 bits per heavy atom. The van der Waals surface area contributed by atoms with Gasteiger partial charge in [0.15, 0.2) is 5.43 Å². The molecule has 1 aliphatic carbocycles. The van der Waals surface area contributed by atoms with Crippen molar-refractivity contribution in [3.63, 3.8) is 0 Å². The maximum absolute atomic E-state index is 12.5. The molecule has 2 aliphatic rings. The molecule has 10 nitrogen and oxygen atoms in total. The zero-order valence-corrected chi connectivity index (χ0v) is 19.2. The topological polar surface area (TPSA) is 166 Å². The number of carbonyl (C=O) groups is 2. The van der Waals surface area contributed by atoms with Crippen molar-refractivity contribution in [3.8, 4) is 28.2 Å². The van der Waals surface area contributed by atoms with Crippen LogP contribution in [0.1, 0.15) is 28.1 Å². The first kappa shape index (κ1) is 26.6. The zero-order valence-electron chi connectivity index (χ0n) is 18.3. The fourth-order valence-electron chi connectivity index (χ4n) is 3.71. The van der Waals surface area contributed by atoms with Gasteiger partial charge in [-0.25, -0.2) is 4.79 Å². The van der Waals surface area contributed by atoms with Crippen LogP contribution in [0.3, 0.4) is 0 Å². The monoisotopic (exact) mass is 512 g/mol. The van der Waals surface area contributed by atoms with Gasteiger partial charge in [0.05, 0.1) is 12.2 Å². The molecule has 3 N–H and O–H groups in total. The van der Waals surface area contributed by atoms with Crippen LogP contribution in [0.25, 0.3) is 33.4 Å². The number of hydrogen-bond acceptors (Lipinski definition) is 8. The van der Waals surface area contributed by atoms with Crippen molar-refractivity contribution < 1.29 is 38.2 Å². The number of aromatic carboxylic acids is 1. The van der Waals surface area contributed by atoms with Crippen LogP contribution < -0.4 is 15.6 Å². The molecule has 4 rings (SSSR count). The molecule has 2 aromatic carbocycles. The van der Waals surface area contributed by atoms with Gasteiger partial charge in [0.1, 0.15) is 24.7 Å². The van der Waals surface area contributed by atoms with E-state index in [0.717, 1.165) is 6.66 Å². The highest BCUT2D eigenvalue weighted by Crippen LogP contribution is 2.42. The highest BCUT2D eigenvalue weighted by atomic mass is 31.2. The Morgan fingerprint density at radius 3 is 2.50 bits per heavy atom. The van der Waals surface area contributed by atoms with Crippen LogP contribution in [0.15, 0.2) is 63.8 Å². The van der Waals surface area contributed by atoms with Crippen molar-refractivity contribution in [2.75, 3.05) is 19.8 Å². The lowest BCUT2D eigenvalue weighted by atomic mass is 9.90. The number of carbonyl (C=O) groups excluding carboxylic acids is 1. The highest BCUT2D eigenvalue weighted by Gasteiger charge is 2.23. The molecule has 0 spiro atoms. The molecule has 1 aliphatic heterocycles. The largest absolute Gasteiger partial charge is 0.779 e. The third-order valence-corrected chi connectivity index (χ3v) is 5.82. The minimum absolute atomic E-state index is 0. The van der Waals surface area contributed by atoms with E-state index in [0.29, 0.717) is 16.5 Å². The van der Waals surface area contributed by atoms with Crippen LogP contribution in [0, 0.1) is 0 Å².